The van der Waals surface area contributed by atoms with Gasteiger partial charge in [-0.2, -0.15) is 29.9 Å². The molecule has 2 heterocycles. The second-order valence-corrected chi connectivity index (χ2v) is 4.62. The van der Waals surface area contributed by atoms with E-state index in [4.69, 9.17) is 10.5 Å². The van der Waals surface area contributed by atoms with Crippen molar-refractivity contribution >= 4 is 23.8 Å². The first-order chi connectivity index (χ1) is 11.6. The summed E-state index contributed by atoms with van der Waals surface area (Å²) in [6.45, 7) is 1.73. The molecule has 0 amide bonds. The smallest absolute Gasteiger partial charge is 0.327 e. The lowest BCUT2D eigenvalue weighted by atomic mass is 10.3. The predicted octanol–water partition coefficient (Wildman–Crippen LogP) is 1.52. The van der Waals surface area contributed by atoms with Crippen molar-refractivity contribution in [1.29, 1.82) is 0 Å². The maximum absolute atomic E-state index is 5.63. The van der Waals surface area contributed by atoms with E-state index in [0.29, 0.717) is 17.5 Å². The number of benzene rings is 1. The Bertz CT molecular complexity index is 841. The summed E-state index contributed by atoms with van der Waals surface area (Å²) in [6, 6.07) is 9.37. The molecule has 10 nitrogen and oxygen atoms in total. The molecule has 0 saturated carbocycles. The zero-order chi connectivity index (χ0) is 16.9. The number of hydrogen-bond acceptors (Lipinski definition) is 10. The Morgan fingerprint density at radius 1 is 0.875 bits per heavy atom. The average molecular weight is 325 g/mol. The Kier molecular flexibility index (Phi) is 4.27. The Morgan fingerprint density at radius 2 is 1.58 bits per heavy atom. The summed E-state index contributed by atoms with van der Waals surface area (Å²) in [4.78, 5) is 24.5. The first-order valence-corrected chi connectivity index (χ1v) is 7.04. The van der Waals surface area contributed by atoms with Gasteiger partial charge in [0, 0.05) is 7.05 Å². The van der Waals surface area contributed by atoms with Gasteiger partial charge >= 0.3 is 6.01 Å². The van der Waals surface area contributed by atoms with Crippen LogP contribution in [0, 0.1) is 6.92 Å². The van der Waals surface area contributed by atoms with Crippen molar-refractivity contribution in [2.45, 2.75) is 6.92 Å². The van der Waals surface area contributed by atoms with Crippen molar-refractivity contribution in [3.8, 4) is 11.8 Å². The molecule has 0 fully saturated rings. The fourth-order valence-corrected chi connectivity index (χ4v) is 1.81. The minimum absolute atomic E-state index is 0.0726. The zero-order valence-corrected chi connectivity index (χ0v) is 13.1. The Balaban J connectivity index is 1.85. The molecule has 0 aliphatic rings. The van der Waals surface area contributed by atoms with Crippen LogP contribution in [-0.4, -0.2) is 37.0 Å². The molecule has 0 aliphatic heterocycles. The van der Waals surface area contributed by atoms with E-state index in [1.807, 2.05) is 18.2 Å². The minimum Gasteiger partial charge on any atom is -0.424 e. The van der Waals surface area contributed by atoms with E-state index >= 15 is 0 Å². The number of rotatable bonds is 5. The van der Waals surface area contributed by atoms with Crippen LogP contribution < -0.4 is 21.1 Å². The monoisotopic (exact) mass is 325 g/mol. The molecule has 0 bridgehead atoms. The summed E-state index contributed by atoms with van der Waals surface area (Å²) in [5.41, 5.74) is 5.63. The number of nitrogens with two attached hydrogens (primary N) is 1. The lowest BCUT2D eigenvalue weighted by Crippen LogP contribution is -2.09. The van der Waals surface area contributed by atoms with Crippen molar-refractivity contribution in [3.63, 3.8) is 0 Å². The second kappa shape index (κ2) is 6.69. The van der Waals surface area contributed by atoms with Gasteiger partial charge in [0.25, 0.3) is 0 Å². The van der Waals surface area contributed by atoms with Gasteiger partial charge < -0.3 is 15.8 Å². The summed E-state index contributed by atoms with van der Waals surface area (Å²) < 4.78 is 5.61. The van der Waals surface area contributed by atoms with Crippen LogP contribution in [-0.2, 0) is 0 Å². The number of nitrogen functional groups attached to an aromatic ring is 1. The van der Waals surface area contributed by atoms with E-state index in [9.17, 15) is 0 Å². The zero-order valence-electron chi connectivity index (χ0n) is 13.1. The largest absolute Gasteiger partial charge is 0.424 e. The van der Waals surface area contributed by atoms with E-state index in [0.717, 1.165) is 0 Å². The molecular weight excluding hydrogens is 310 g/mol. The highest BCUT2D eigenvalue weighted by atomic mass is 16.5. The summed E-state index contributed by atoms with van der Waals surface area (Å²) in [5, 5.41) is 5.65. The molecule has 2 aromatic heterocycles. The van der Waals surface area contributed by atoms with Crippen LogP contribution >= 0.6 is 0 Å². The normalized spacial score (nSPS) is 10.2. The van der Waals surface area contributed by atoms with E-state index in [-0.39, 0.29) is 23.9 Å². The first kappa shape index (κ1) is 15.3. The molecule has 122 valence electrons. The number of ether oxygens (including phenoxy) is 1. The standard InChI is InChI=1S/C14H15N9O/c1-8-17-12(22-13-20-10(15)19-11(16-2)21-13)23-14(18-8)24-9-6-4-3-5-7-9/h3-7H,1-2H3,(H4,15,16,17,18,19,20,21,22,23). The van der Waals surface area contributed by atoms with Gasteiger partial charge in [-0.25, -0.2) is 0 Å². The number of aromatic nitrogens is 6. The maximum atomic E-state index is 5.63. The first-order valence-electron chi connectivity index (χ1n) is 7.04. The average Bonchev–Trinajstić information content (AvgIpc) is 2.54. The van der Waals surface area contributed by atoms with E-state index in [1.54, 1.807) is 26.1 Å². The molecule has 0 saturated heterocycles. The number of para-hydroxylation sites is 1. The van der Waals surface area contributed by atoms with Crippen molar-refractivity contribution in [2.75, 3.05) is 23.4 Å². The third kappa shape index (κ3) is 3.80. The van der Waals surface area contributed by atoms with E-state index in [2.05, 4.69) is 40.5 Å². The van der Waals surface area contributed by atoms with Gasteiger partial charge in [-0.05, 0) is 19.1 Å². The lowest BCUT2D eigenvalue weighted by molar-refractivity contribution is 0.438. The third-order valence-corrected chi connectivity index (χ3v) is 2.78. The van der Waals surface area contributed by atoms with Gasteiger partial charge in [-0.1, -0.05) is 18.2 Å². The molecule has 3 rings (SSSR count). The number of nitrogens with zero attached hydrogens (tertiary/aromatic N) is 6. The molecule has 24 heavy (non-hydrogen) atoms. The highest BCUT2D eigenvalue weighted by Crippen LogP contribution is 2.19. The molecule has 4 N–H and O–H groups in total. The molecule has 0 unspecified atom stereocenters. The molecule has 0 spiro atoms. The van der Waals surface area contributed by atoms with Gasteiger partial charge in [0.2, 0.25) is 23.8 Å². The third-order valence-electron chi connectivity index (χ3n) is 2.78. The number of nitrogens with one attached hydrogen (secondary N) is 2. The van der Waals surface area contributed by atoms with E-state index < -0.39 is 0 Å². The van der Waals surface area contributed by atoms with E-state index in [1.165, 1.54) is 0 Å². The summed E-state index contributed by atoms with van der Waals surface area (Å²) in [5.74, 6) is 1.95. The molecule has 1 aromatic carbocycles. The van der Waals surface area contributed by atoms with Crippen LogP contribution in [0.2, 0.25) is 0 Å². The fourth-order valence-electron chi connectivity index (χ4n) is 1.81. The predicted molar refractivity (Wildman–Crippen MR) is 88.1 cm³/mol. The van der Waals surface area contributed by atoms with Crippen LogP contribution in [0.4, 0.5) is 23.8 Å². The molecule has 0 radical (unpaired) electrons. The van der Waals surface area contributed by atoms with Gasteiger partial charge in [-0.15, -0.1) is 0 Å². The second-order valence-electron chi connectivity index (χ2n) is 4.62. The quantitative estimate of drug-likeness (QED) is 0.633. The van der Waals surface area contributed by atoms with Crippen molar-refractivity contribution in [3.05, 3.63) is 36.2 Å². The van der Waals surface area contributed by atoms with Gasteiger partial charge in [-0.3, -0.25) is 5.32 Å². The van der Waals surface area contributed by atoms with Crippen LogP contribution in [0.25, 0.3) is 0 Å². The number of anilines is 4. The Hall–Kier alpha value is -3.56. The molecule has 0 aliphatic carbocycles. The highest BCUT2D eigenvalue weighted by molar-refractivity contribution is 5.47. The van der Waals surface area contributed by atoms with Crippen molar-refractivity contribution in [1.82, 2.24) is 29.9 Å². The SMILES string of the molecule is CNc1nc(N)nc(Nc2nc(C)nc(Oc3ccccc3)n2)n1. The molecular formula is C14H15N9O. The van der Waals surface area contributed by atoms with Gasteiger partial charge in [0.05, 0.1) is 0 Å². The number of hydrogen-bond donors (Lipinski definition) is 3. The van der Waals surface area contributed by atoms with Crippen LogP contribution in [0.3, 0.4) is 0 Å². The molecule has 0 atom stereocenters. The van der Waals surface area contributed by atoms with Crippen LogP contribution in [0.5, 0.6) is 11.8 Å². The lowest BCUT2D eigenvalue weighted by Gasteiger charge is -2.08. The van der Waals surface area contributed by atoms with Crippen LogP contribution in [0.1, 0.15) is 5.82 Å². The maximum Gasteiger partial charge on any atom is 0.327 e. The summed E-state index contributed by atoms with van der Waals surface area (Å²) in [7, 11) is 1.68. The van der Waals surface area contributed by atoms with Gasteiger partial charge in [0.15, 0.2) is 0 Å². The topological polar surface area (TPSA) is 137 Å². The summed E-state index contributed by atoms with van der Waals surface area (Å²) >= 11 is 0. The molecule has 3 aromatic rings. The highest BCUT2D eigenvalue weighted by Gasteiger charge is 2.09. The Morgan fingerprint density at radius 3 is 2.33 bits per heavy atom. The van der Waals surface area contributed by atoms with Crippen molar-refractivity contribution < 1.29 is 4.74 Å². The molecule has 10 heteroatoms. The fraction of sp³-hybridized carbons (Fsp3) is 0.143. The van der Waals surface area contributed by atoms with Gasteiger partial charge in [0.1, 0.15) is 11.6 Å². The Labute approximate surface area is 137 Å². The summed E-state index contributed by atoms with van der Waals surface area (Å²) in [6.07, 6.45) is 0. The van der Waals surface area contributed by atoms with Crippen LogP contribution in [0.15, 0.2) is 30.3 Å². The number of aryl methyl sites for hydroxylation is 1. The minimum atomic E-state index is 0.0726. The van der Waals surface area contributed by atoms with Crippen molar-refractivity contribution in [2.24, 2.45) is 0 Å².